The third kappa shape index (κ3) is 35.8. The van der Waals surface area contributed by atoms with Crippen LogP contribution in [0, 0.1) is 0 Å². The Hall–Kier alpha value is 1.54. The van der Waals surface area contributed by atoms with Gasteiger partial charge >= 0.3 is 20.4 Å². The van der Waals surface area contributed by atoms with Crippen molar-refractivity contribution in [3.8, 4) is 0 Å². The molecule has 0 atom stereocenters. The minimum atomic E-state index is 0. The van der Waals surface area contributed by atoms with E-state index in [1.54, 1.807) is 0 Å². The van der Waals surface area contributed by atoms with Gasteiger partial charge < -0.3 is 45.4 Å². The molecular formula is C2H8Br2N2Pd. The van der Waals surface area contributed by atoms with E-state index < -0.39 is 0 Å². The van der Waals surface area contributed by atoms with E-state index in [4.69, 9.17) is 11.5 Å². The van der Waals surface area contributed by atoms with Gasteiger partial charge in [0.2, 0.25) is 0 Å². The van der Waals surface area contributed by atoms with Gasteiger partial charge in [0.1, 0.15) is 0 Å². The molecule has 0 saturated carbocycles. The van der Waals surface area contributed by atoms with Crippen LogP contribution in [0.1, 0.15) is 0 Å². The first-order valence-electron chi connectivity index (χ1n) is 1.32. The van der Waals surface area contributed by atoms with E-state index in [9.17, 15) is 0 Å². The Kier molecular flexibility index (Phi) is 86.6. The fourth-order valence-electron chi connectivity index (χ4n) is 0. The molecule has 0 unspecified atom stereocenters. The van der Waals surface area contributed by atoms with E-state index in [1.165, 1.54) is 0 Å². The maximum atomic E-state index is 4.90. The van der Waals surface area contributed by atoms with E-state index in [-0.39, 0.29) is 54.4 Å². The zero-order chi connectivity index (χ0) is 3.41. The van der Waals surface area contributed by atoms with Crippen molar-refractivity contribution < 1.29 is 54.4 Å². The maximum absolute atomic E-state index is 4.90. The maximum Gasteiger partial charge on any atom is 2.00 e. The molecule has 0 spiro atoms. The fraction of sp³-hybridized carbons (Fsp3) is 1.00. The third-order valence-electron chi connectivity index (χ3n) is 0.167. The van der Waals surface area contributed by atoms with E-state index in [2.05, 4.69) is 0 Å². The molecule has 0 fully saturated rings. The van der Waals surface area contributed by atoms with Crippen LogP contribution in [0.2, 0.25) is 0 Å². The van der Waals surface area contributed by atoms with Gasteiger partial charge in [-0.15, -0.1) is 0 Å². The standard InChI is InChI=1S/C2H8N2.2BrH.Pd/c3-1-2-4;;;/h1-4H2;2*1H;/q;;;+2/p-2. The molecule has 0 aliphatic carbocycles. The first kappa shape index (κ1) is 23.6. The summed E-state index contributed by atoms with van der Waals surface area (Å²) in [6, 6.07) is 0. The molecule has 0 aromatic heterocycles. The monoisotopic (exact) mass is 324 g/mol. The molecule has 7 heavy (non-hydrogen) atoms. The van der Waals surface area contributed by atoms with Crippen molar-refractivity contribution in [2.75, 3.05) is 13.1 Å². The average Bonchev–Trinajstić information content (AvgIpc) is 1.37. The second-order valence-electron chi connectivity index (χ2n) is 0.577. The molecule has 0 bridgehead atoms. The van der Waals surface area contributed by atoms with Crippen molar-refractivity contribution in [2.45, 2.75) is 0 Å². The first-order chi connectivity index (χ1) is 1.91. The van der Waals surface area contributed by atoms with Gasteiger partial charge in [-0.25, -0.2) is 0 Å². The Morgan fingerprint density at radius 1 is 0.857 bits per heavy atom. The topological polar surface area (TPSA) is 52.0 Å². The van der Waals surface area contributed by atoms with Crippen LogP contribution in [0.5, 0.6) is 0 Å². The van der Waals surface area contributed by atoms with Gasteiger partial charge in [0.05, 0.1) is 0 Å². The van der Waals surface area contributed by atoms with Gasteiger partial charge in [0.15, 0.2) is 0 Å². The smallest absolute Gasteiger partial charge is 1.00 e. The minimum Gasteiger partial charge on any atom is -1.00 e. The number of nitrogens with two attached hydrogens (primary N) is 2. The van der Waals surface area contributed by atoms with Crippen molar-refractivity contribution in [3.63, 3.8) is 0 Å². The van der Waals surface area contributed by atoms with Crippen molar-refractivity contribution in [2.24, 2.45) is 11.5 Å². The van der Waals surface area contributed by atoms with E-state index >= 15 is 0 Å². The molecule has 0 aromatic rings. The number of halogens is 2. The zero-order valence-corrected chi connectivity index (χ0v) is 8.37. The largest absolute Gasteiger partial charge is 2.00 e. The molecule has 5 heteroatoms. The summed E-state index contributed by atoms with van der Waals surface area (Å²) in [7, 11) is 0. The third-order valence-corrected chi connectivity index (χ3v) is 0.167. The van der Waals surface area contributed by atoms with E-state index in [1.807, 2.05) is 0 Å². The van der Waals surface area contributed by atoms with Gasteiger partial charge in [0.25, 0.3) is 0 Å². The molecule has 0 saturated heterocycles. The summed E-state index contributed by atoms with van der Waals surface area (Å²) in [4.78, 5) is 0. The normalized spacial score (nSPS) is 4.29. The predicted octanol–water partition coefficient (Wildman–Crippen LogP) is -7.09. The average molecular weight is 326 g/mol. The summed E-state index contributed by atoms with van der Waals surface area (Å²) in [5, 5.41) is 0. The van der Waals surface area contributed by atoms with E-state index in [0.717, 1.165) is 0 Å². The molecule has 0 aromatic carbocycles. The van der Waals surface area contributed by atoms with Crippen LogP contribution in [0.15, 0.2) is 0 Å². The number of rotatable bonds is 1. The van der Waals surface area contributed by atoms with Crippen LogP contribution in [0.25, 0.3) is 0 Å². The Morgan fingerprint density at radius 3 is 1.00 bits per heavy atom. The molecule has 0 heterocycles. The van der Waals surface area contributed by atoms with Crippen LogP contribution in [-0.4, -0.2) is 13.1 Å². The summed E-state index contributed by atoms with van der Waals surface area (Å²) in [6.45, 7) is 1.19. The first-order valence-corrected chi connectivity index (χ1v) is 1.32. The molecule has 50 valence electrons. The Balaban J connectivity index is -0.0000000150. The Labute approximate surface area is 78.6 Å². The molecule has 0 aliphatic rings. The van der Waals surface area contributed by atoms with E-state index in [0.29, 0.717) is 13.1 Å². The van der Waals surface area contributed by atoms with Crippen molar-refractivity contribution in [1.29, 1.82) is 0 Å². The van der Waals surface area contributed by atoms with Gasteiger partial charge in [-0.2, -0.15) is 0 Å². The molecule has 0 amide bonds. The minimum absolute atomic E-state index is 0. The summed E-state index contributed by atoms with van der Waals surface area (Å²) in [6.07, 6.45) is 0. The molecule has 0 aliphatic heterocycles. The van der Waals surface area contributed by atoms with Crippen molar-refractivity contribution in [1.82, 2.24) is 0 Å². The van der Waals surface area contributed by atoms with Gasteiger partial charge in [-0.3, -0.25) is 0 Å². The second kappa shape index (κ2) is 25.7. The molecule has 2 nitrogen and oxygen atoms in total. The molecular weight excluding hydrogens is 318 g/mol. The van der Waals surface area contributed by atoms with Crippen LogP contribution >= 0.6 is 0 Å². The van der Waals surface area contributed by atoms with Gasteiger partial charge in [-0.1, -0.05) is 0 Å². The Morgan fingerprint density at radius 2 is 1.00 bits per heavy atom. The molecule has 0 radical (unpaired) electrons. The summed E-state index contributed by atoms with van der Waals surface area (Å²) < 4.78 is 0. The number of hydrogen-bond donors (Lipinski definition) is 2. The fourth-order valence-corrected chi connectivity index (χ4v) is 0. The predicted molar refractivity (Wildman–Crippen MR) is 18.1 cm³/mol. The van der Waals surface area contributed by atoms with Crippen LogP contribution in [0.4, 0.5) is 0 Å². The summed E-state index contributed by atoms with van der Waals surface area (Å²) >= 11 is 0. The number of hydrogen-bond acceptors (Lipinski definition) is 2. The van der Waals surface area contributed by atoms with Crippen LogP contribution in [0.3, 0.4) is 0 Å². The summed E-state index contributed by atoms with van der Waals surface area (Å²) in [5.41, 5.74) is 9.81. The SMILES string of the molecule is NCCN.[Br-].[Br-].[Pd+2]. The van der Waals surface area contributed by atoms with Crippen LogP contribution in [-0.2, 0) is 20.4 Å². The van der Waals surface area contributed by atoms with Crippen LogP contribution < -0.4 is 45.4 Å². The summed E-state index contributed by atoms with van der Waals surface area (Å²) in [5.74, 6) is 0. The quantitative estimate of drug-likeness (QED) is 0.471. The van der Waals surface area contributed by atoms with Crippen molar-refractivity contribution in [3.05, 3.63) is 0 Å². The second-order valence-corrected chi connectivity index (χ2v) is 0.577. The van der Waals surface area contributed by atoms with Crippen molar-refractivity contribution >= 4 is 0 Å². The molecule has 0 rings (SSSR count). The van der Waals surface area contributed by atoms with Gasteiger partial charge in [-0.05, 0) is 0 Å². The van der Waals surface area contributed by atoms with Gasteiger partial charge in [0, 0.05) is 13.1 Å². The molecule has 4 N–H and O–H groups in total. The zero-order valence-electron chi connectivity index (χ0n) is 3.64. The Bertz CT molecular complexity index is 15.7.